The summed E-state index contributed by atoms with van der Waals surface area (Å²) >= 11 is 0. The number of hydrogen-bond donors (Lipinski definition) is 1. The molecule has 28 heavy (non-hydrogen) atoms. The highest BCUT2D eigenvalue weighted by atomic mass is 16.5. The van der Waals surface area contributed by atoms with Crippen LogP contribution < -0.4 is 14.8 Å². The number of likely N-dealkylation sites (N-methyl/N-ethyl adjacent to an activating group) is 1. The van der Waals surface area contributed by atoms with Crippen molar-refractivity contribution in [1.82, 2.24) is 4.90 Å². The lowest BCUT2D eigenvalue weighted by Crippen LogP contribution is -2.38. The van der Waals surface area contributed by atoms with E-state index in [9.17, 15) is 9.59 Å². The first-order chi connectivity index (χ1) is 13.4. The van der Waals surface area contributed by atoms with Crippen molar-refractivity contribution in [3.63, 3.8) is 0 Å². The predicted molar refractivity (Wildman–Crippen MR) is 110 cm³/mol. The van der Waals surface area contributed by atoms with Gasteiger partial charge in [0.25, 0.3) is 0 Å². The minimum absolute atomic E-state index is 0.00395. The number of rotatable bonds is 9. The molecule has 0 radical (unpaired) electrons. The van der Waals surface area contributed by atoms with E-state index in [-0.39, 0.29) is 31.4 Å². The second-order valence-corrected chi connectivity index (χ2v) is 6.56. The van der Waals surface area contributed by atoms with Gasteiger partial charge in [0.05, 0.1) is 26.7 Å². The lowest BCUT2D eigenvalue weighted by molar-refractivity contribution is -0.134. The number of nitrogens with one attached hydrogen (secondary N) is 1. The van der Waals surface area contributed by atoms with Crippen molar-refractivity contribution in [2.75, 3.05) is 32.1 Å². The maximum Gasteiger partial charge on any atom is 0.243 e. The minimum atomic E-state index is -0.251. The molecular formula is C22H28N2O4. The Morgan fingerprint density at radius 2 is 1.89 bits per heavy atom. The number of carbonyl (C=O) groups is 2. The van der Waals surface area contributed by atoms with Crippen molar-refractivity contribution in [1.29, 1.82) is 0 Å². The second kappa shape index (κ2) is 10.3. The van der Waals surface area contributed by atoms with Crippen LogP contribution in [0.25, 0.3) is 0 Å². The van der Waals surface area contributed by atoms with Gasteiger partial charge in [-0.3, -0.25) is 9.59 Å². The second-order valence-electron chi connectivity index (χ2n) is 6.56. The largest absolute Gasteiger partial charge is 0.497 e. The Morgan fingerprint density at radius 1 is 1.11 bits per heavy atom. The fourth-order valence-electron chi connectivity index (χ4n) is 2.72. The van der Waals surface area contributed by atoms with Crippen LogP contribution in [0.15, 0.2) is 42.5 Å². The predicted octanol–water partition coefficient (Wildman–Crippen LogP) is 3.57. The Morgan fingerprint density at radius 3 is 2.61 bits per heavy atom. The smallest absolute Gasteiger partial charge is 0.243 e. The topological polar surface area (TPSA) is 67.9 Å². The Balaban J connectivity index is 1.84. The van der Waals surface area contributed by atoms with Gasteiger partial charge in [-0.05, 0) is 50.1 Å². The number of benzene rings is 2. The van der Waals surface area contributed by atoms with Gasteiger partial charge in [-0.25, -0.2) is 0 Å². The zero-order valence-electron chi connectivity index (χ0n) is 17.0. The van der Waals surface area contributed by atoms with Gasteiger partial charge in [-0.1, -0.05) is 18.2 Å². The van der Waals surface area contributed by atoms with Crippen LogP contribution in [0.4, 0.5) is 5.69 Å². The van der Waals surface area contributed by atoms with Crippen molar-refractivity contribution in [3.8, 4) is 11.5 Å². The number of carbonyl (C=O) groups excluding carboxylic acids is 2. The summed E-state index contributed by atoms with van der Waals surface area (Å²) in [6.07, 6.45) is 0.216. The minimum Gasteiger partial charge on any atom is -0.497 e. The molecule has 0 aliphatic carbocycles. The Bertz CT molecular complexity index is 820. The average Bonchev–Trinajstić information content (AvgIpc) is 2.68. The fraction of sp³-hybridized carbons (Fsp3) is 0.364. The Hall–Kier alpha value is -3.02. The van der Waals surface area contributed by atoms with Crippen LogP contribution in [0.3, 0.4) is 0 Å². The molecule has 1 N–H and O–H groups in total. The molecular weight excluding hydrogens is 356 g/mol. The highest BCUT2D eigenvalue weighted by molar-refractivity contribution is 5.94. The van der Waals surface area contributed by atoms with Crippen LogP contribution in [-0.2, 0) is 9.59 Å². The first-order valence-corrected chi connectivity index (χ1v) is 9.34. The third kappa shape index (κ3) is 6.30. The number of amides is 2. The quantitative estimate of drug-likeness (QED) is 0.718. The van der Waals surface area contributed by atoms with Crippen LogP contribution in [0, 0.1) is 13.8 Å². The lowest BCUT2D eigenvalue weighted by atomic mass is 10.1. The van der Waals surface area contributed by atoms with Crippen molar-refractivity contribution in [2.45, 2.75) is 27.2 Å². The molecule has 0 bridgehead atoms. The zero-order chi connectivity index (χ0) is 20.5. The third-order valence-corrected chi connectivity index (χ3v) is 4.34. The zero-order valence-corrected chi connectivity index (χ0v) is 17.0. The number of methoxy groups -OCH3 is 1. The maximum absolute atomic E-state index is 12.5. The molecule has 0 aliphatic heterocycles. The third-order valence-electron chi connectivity index (χ3n) is 4.34. The van der Waals surface area contributed by atoms with E-state index in [1.54, 1.807) is 31.4 Å². The van der Waals surface area contributed by atoms with Gasteiger partial charge in [0, 0.05) is 18.3 Å². The fourth-order valence-corrected chi connectivity index (χ4v) is 2.72. The highest BCUT2D eigenvalue weighted by Gasteiger charge is 2.16. The summed E-state index contributed by atoms with van der Waals surface area (Å²) in [5, 5.41) is 2.79. The summed E-state index contributed by atoms with van der Waals surface area (Å²) in [5.74, 6) is 1.07. The van der Waals surface area contributed by atoms with Gasteiger partial charge in [-0.2, -0.15) is 0 Å². The number of aryl methyl sites for hydroxylation is 2. The molecule has 0 atom stereocenters. The molecule has 6 nitrogen and oxygen atoms in total. The SMILES string of the molecule is CCN(CC(=O)Nc1cccc(OC)c1)C(=O)CCOc1cc(C)ccc1C. The molecule has 2 amide bonds. The average molecular weight is 384 g/mol. The summed E-state index contributed by atoms with van der Waals surface area (Å²) in [7, 11) is 1.57. The molecule has 0 spiro atoms. The summed E-state index contributed by atoms with van der Waals surface area (Å²) in [5.41, 5.74) is 2.77. The van der Waals surface area contributed by atoms with Gasteiger partial charge in [0.15, 0.2) is 0 Å². The highest BCUT2D eigenvalue weighted by Crippen LogP contribution is 2.19. The normalized spacial score (nSPS) is 10.3. The van der Waals surface area contributed by atoms with Crippen LogP contribution in [0.2, 0.25) is 0 Å². The van der Waals surface area contributed by atoms with Gasteiger partial charge in [0.1, 0.15) is 11.5 Å². The van der Waals surface area contributed by atoms with Crippen LogP contribution in [0.1, 0.15) is 24.5 Å². The van der Waals surface area contributed by atoms with E-state index in [0.717, 1.165) is 16.9 Å². The van der Waals surface area contributed by atoms with Crippen molar-refractivity contribution >= 4 is 17.5 Å². The molecule has 2 aromatic carbocycles. The van der Waals surface area contributed by atoms with Gasteiger partial charge in [-0.15, -0.1) is 0 Å². The standard InChI is InChI=1S/C22H28N2O4/c1-5-24(15-21(25)23-18-7-6-8-19(14-18)27-4)22(26)11-12-28-20-13-16(2)9-10-17(20)3/h6-10,13-14H,5,11-12,15H2,1-4H3,(H,23,25). The summed E-state index contributed by atoms with van der Waals surface area (Å²) in [6, 6.07) is 13.1. The monoisotopic (exact) mass is 384 g/mol. The van der Waals surface area contributed by atoms with Gasteiger partial charge in [0.2, 0.25) is 11.8 Å². The molecule has 0 aromatic heterocycles. The molecule has 0 unspecified atom stereocenters. The van der Waals surface area contributed by atoms with Crippen LogP contribution >= 0.6 is 0 Å². The van der Waals surface area contributed by atoms with E-state index in [2.05, 4.69) is 5.32 Å². The molecule has 2 rings (SSSR count). The Kier molecular flexibility index (Phi) is 7.87. The molecule has 6 heteroatoms. The molecule has 0 aliphatic rings. The molecule has 0 saturated heterocycles. The van der Waals surface area contributed by atoms with Crippen molar-refractivity contribution in [3.05, 3.63) is 53.6 Å². The van der Waals surface area contributed by atoms with Gasteiger partial charge >= 0.3 is 0 Å². The number of anilines is 1. The number of hydrogen-bond acceptors (Lipinski definition) is 4. The first kappa shape index (κ1) is 21.3. The molecule has 0 fully saturated rings. The molecule has 0 heterocycles. The number of ether oxygens (including phenoxy) is 2. The summed E-state index contributed by atoms with van der Waals surface area (Å²) < 4.78 is 10.9. The maximum atomic E-state index is 12.5. The van der Waals surface area contributed by atoms with Crippen molar-refractivity contribution < 1.29 is 19.1 Å². The summed E-state index contributed by atoms with van der Waals surface area (Å²) in [6.45, 7) is 6.54. The van der Waals surface area contributed by atoms with Crippen LogP contribution in [0.5, 0.6) is 11.5 Å². The lowest BCUT2D eigenvalue weighted by Gasteiger charge is -2.20. The Labute approximate surface area is 166 Å². The molecule has 150 valence electrons. The summed E-state index contributed by atoms with van der Waals surface area (Å²) in [4.78, 5) is 26.3. The van der Waals surface area contributed by atoms with E-state index < -0.39 is 0 Å². The van der Waals surface area contributed by atoms with E-state index in [1.165, 1.54) is 4.90 Å². The molecule has 0 saturated carbocycles. The van der Waals surface area contributed by atoms with Gasteiger partial charge < -0.3 is 19.7 Å². The number of nitrogens with zero attached hydrogens (tertiary/aromatic N) is 1. The molecule has 2 aromatic rings. The van der Waals surface area contributed by atoms with Crippen molar-refractivity contribution in [2.24, 2.45) is 0 Å². The first-order valence-electron chi connectivity index (χ1n) is 9.34. The van der Waals surface area contributed by atoms with E-state index in [4.69, 9.17) is 9.47 Å². The van der Waals surface area contributed by atoms with Crippen LogP contribution in [-0.4, -0.2) is 43.5 Å². The van der Waals surface area contributed by atoms with E-state index in [0.29, 0.717) is 18.0 Å². The van der Waals surface area contributed by atoms with E-state index >= 15 is 0 Å². The van der Waals surface area contributed by atoms with E-state index in [1.807, 2.05) is 39.0 Å².